The molecule has 3 rings (SSSR count). The van der Waals surface area contributed by atoms with E-state index in [4.69, 9.17) is 4.74 Å². The first-order valence-electron chi connectivity index (χ1n) is 6.61. The summed E-state index contributed by atoms with van der Waals surface area (Å²) in [5.74, 6) is 0.864. The molecule has 2 aromatic carbocycles. The molecule has 0 fully saturated rings. The molecule has 0 unspecified atom stereocenters. The van der Waals surface area contributed by atoms with Crippen molar-refractivity contribution in [2.75, 3.05) is 6.61 Å². The topological polar surface area (TPSA) is 22.1 Å². The van der Waals surface area contributed by atoms with Gasteiger partial charge in [0, 0.05) is 11.6 Å². The van der Waals surface area contributed by atoms with E-state index < -0.39 is 0 Å². The van der Waals surface area contributed by atoms with Gasteiger partial charge in [0.05, 0.1) is 5.52 Å². The fraction of sp³-hybridized carbons (Fsp3) is 0.0556. The summed E-state index contributed by atoms with van der Waals surface area (Å²) >= 11 is 0. The number of nitrogens with zero attached hydrogens (tertiary/aromatic N) is 1. The van der Waals surface area contributed by atoms with Gasteiger partial charge in [-0.2, -0.15) is 0 Å². The Morgan fingerprint density at radius 2 is 1.85 bits per heavy atom. The van der Waals surface area contributed by atoms with Crippen molar-refractivity contribution in [3.8, 4) is 5.75 Å². The molecule has 3 aromatic rings. The monoisotopic (exact) mass is 261 g/mol. The van der Waals surface area contributed by atoms with Gasteiger partial charge in [0.1, 0.15) is 12.4 Å². The Morgan fingerprint density at radius 1 is 0.950 bits per heavy atom. The number of hydrogen-bond donors (Lipinski definition) is 0. The maximum absolute atomic E-state index is 5.72. The largest absolute Gasteiger partial charge is 0.490 e. The zero-order valence-electron chi connectivity index (χ0n) is 11.1. The molecule has 0 spiro atoms. The van der Waals surface area contributed by atoms with Crippen LogP contribution in [0.1, 0.15) is 5.56 Å². The second kappa shape index (κ2) is 6.02. The van der Waals surface area contributed by atoms with Crippen molar-refractivity contribution in [2.24, 2.45) is 0 Å². The van der Waals surface area contributed by atoms with Crippen LogP contribution in [-0.2, 0) is 0 Å². The van der Waals surface area contributed by atoms with Gasteiger partial charge in [0.2, 0.25) is 0 Å². The Morgan fingerprint density at radius 3 is 2.75 bits per heavy atom. The molecular weight excluding hydrogens is 246 g/mol. The van der Waals surface area contributed by atoms with Crippen LogP contribution in [0.15, 0.2) is 72.9 Å². The summed E-state index contributed by atoms with van der Waals surface area (Å²) in [7, 11) is 0. The predicted octanol–water partition coefficient (Wildman–Crippen LogP) is 4.33. The number of benzene rings is 2. The molecule has 2 nitrogen and oxygen atoms in total. The van der Waals surface area contributed by atoms with E-state index in [9.17, 15) is 0 Å². The minimum absolute atomic E-state index is 0.556. The summed E-state index contributed by atoms with van der Waals surface area (Å²) in [5, 5.41) is 1.09. The van der Waals surface area contributed by atoms with Gasteiger partial charge in [0.15, 0.2) is 0 Å². The summed E-state index contributed by atoms with van der Waals surface area (Å²) < 4.78 is 5.72. The molecule has 2 heteroatoms. The van der Waals surface area contributed by atoms with E-state index in [-0.39, 0.29) is 0 Å². The number of hydrogen-bond acceptors (Lipinski definition) is 2. The van der Waals surface area contributed by atoms with Crippen LogP contribution in [0.2, 0.25) is 0 Å². The molecule has 0 radical (unpaired) electrons. The van der Waals surface area contributed by atoms with Crippen LogP contribution < -0.4 is 4.74 Å². The Balaban J connectivity index is 1.64. The minimum Gasteiger partial charge on any atom is -0.490 e. The van der Waals surface area contributed by atoms with E-state index in [0.29, 0.717) is 6.61 Å². The van der Waals surface area contributed by atoms with E-state index >= 15 is 0 Å². The number of aromatic nitrogens is 1. The van der Waals surface area contributed by atoms with Gasteiger partial charge < -0.3 is 4.74 Å². The quantitative estimate of drug-likeness (QED) is 0.697. The molecule has 0 aliphatic heterocycles. The van der Waals surface area contributed by atoms with Gasteiger partial charge in [-0.1, -0.05) is 42.5 Å². The minimum atomic E-state index is 0.556. The summed E-state index contributed by atoms with van der Waals surface area (Å²) in [6.45, 7) is 0.556. The summed E-state index contributed by atoms with van der Waals surface area (Å²) in [6, 6.07) is 20.1. The van der Waals surface area contributed by atoms with E-state index in [1.54, 1.807) is 6.20 Å². The van der Waals surface area contributed by atoms with Crippen LogP contribution in [-0.4, -0.2) is 11.6 Å². The van der Waals surface area contributed by atoms with Crippen molar-refractivity contribution < 1.29 is 4.74 Å². The van der Waals surface area contributed by atoms with E-state index in [1.165, 1.54) is 5.56 Å². The Hall–Kier alpha value is -2.61. The molecule has 0 saturated heterocycles. The van der Waals surface area contributed by atoms with E-state index in [2.05, 4.69) is 23.2 Å². The normalized spacial score (nSPS) is 11.0. The highest BCUT2D eigenvalue weighted by Crippen LogP contribution is 2.18. The molecule has 0 saturated carbocycles. The van der Waals surface area contributed by atoms with Crippen molar-refractivity contribution in [2.45, 2.75) is 0 Å². The summed E-state index contributed by atoms with van der Waals surface area (Å²) in [4.78, 5) is 4.29. The molecular formula is C18H15NO. The van der Waals surface area contributed by atoms with Crippen LogP contribution in [0.25, 0.3) is 17.0 Å². The van der Waals surface area contributed by atoms with Crippen molar-refractivity contribution in [3.63, 3.8) is 0 Å². The van der Waals surface area contributed by atoms with Crippen molar-refractivity contribution in [3.05, 3.63) is 78.5 Å². The van der Waals surface area contributed by atoms with Crippen LogP contribution in [0.4, 0.5) is 0 Å². The number of fused-ring (bicyclic) bond motifs is 1. The first-order chi connectivity index (χ1) is 9.92. The smallest absolute Gasteiger partial charge is 0.120 e. The predicted molar refractivity (Wildman–Crippen MR) is 82.7 cm³/mol. The fourth-order valence-corrected chi connectivity index (χ4v) is 2.04. The standard InChI is InChI=1S/C18H15NO/c1-2-6-15(7-3-1)8-5-13-20-17-10-11-18-16(14-17)9-4-12-19-18/h1-12,14H,13H2/b8-5+. The van der Waals surface area contributed by atoms with E-state index in [0.717, 1.165) is 16.7 Å². The maximum Gasteiger partial charge on any atom is 0.120 e. The maximum atomic E-state index is 5.72. The molecule has 98 valence electrons. The average Bonchev–Trinajstić information content (AvgIpc) is 2.52. The number of pyridine rings is 1. The zero-order chi connectivity index (χ0) is 13.6. The first kappa shape index (κ1) is 12.4. The van der Waals surface area contributed by atoms with Crippen molar-refractivity contribution >= 4 is 17.0 Å². The fourth-order valence-electron chi connectivity index (χ4n) is 2.04. The molecule has 1 aromatic heterocycles. The number of ether oxygens (including phenoxy) is 1. The highest BCUT2D eigenvalue weighted by molar-refractivity contribution is 5.79. The Bertz CT molecular complexity index is 720. The molecule has 0 N–H and O–H groups in total. The third-order valence-corrected chi connectivity index (χ3v) is 3.03. The van der Waals surface area contributed by atoms with Crippen LogP contribution in [0.3, 0.4) is 0 Å². The number of rotatable bonds is 4. The van der Waals surface area contributed by atoms with Crippen molar-refractivity contribution in [1.29, 1.82) is 0 Å². The SMILES string of the molecule is C(=C\c1ccccc1)/COc1ccc2ncccc2c1. The van der Waals surface area contributed by atoms with Gasteiger partial charge in [-0.3, -0.25) is 4.98 Å². The lowest BCUT2D eigenvalue weighted by Crippen LogP contribution is -1.93. The lowest BCUT2D eigenvalue weighted by Gasteiger charge is -2.04. The molecule has 20 heavy (non-hydrogen) atoms. The van der Waals surface area contributed by atoms with E-state index in [1.807, 2.05) is 54.6 Å². The first-order valence-corrected chi connectivity index (χ1v) is 6.61. The van der Waals surface area contributed by atoms with Gasteiger partial charge in [-0.25, -0.2) is 0 Å². The Kier molecular flexibility index (Phi) is 3.74. The molecule has 0 amide bonds. The summed E-state index contributed by atoms with van der Waals surface area (Å²) in [6.07, 6.45) is 5.87. The summed E-state index contributed by atoms with van der Waals surface area (Å²) in [5.41, 5.74) is 2.17. The lowest BCUT2D eigenvalue weighted by molar-refractivity contribution is 0.364. The third kappa shape index (κ3) is 3.04. The molecule has 0 atom stereocenters. The van der Waals surface area contributed by atoms with Crippen LogP contribution in [0.5, 0.6) is 5.75 Å². The third-order valence-electron chi connectivity index (χ3n) is 3.03. The molecule has 1 heterocycles. The highest BCUT2D eigenvalue weighted by atomic mass is 16.5. The molecule has 0 bridgehead atoms. The second-order valence-electron chi connectivity index (χ2n) is 4.48. The highest BCUT2D eigenvalue weighted by Gasteiger charge is 1.96. The average molecular weight is 261 g/mol. The van der Waals surface area contributed by atoms with Crippen molar-refractivity contribution in [1.82, 2.24) is 4.98 Å². The molecule has 0 aliphatic carbocycles. The van der Waals surface area contributed by atoms with Gasteiger partial charge in [0.25, 0.3) is 0 Å². The lowest BCUT2D eigenvalue weighted by atomic mass is 10.2. The molecule has 0 aliphatic rings. The van der Waals surface area contributed by atoms with Crippen LogP contribution >= 0.6 is 0 Å². The van der Waals surface area contributed by atoms with Gasteiger partial charge >= 0.3 is 0 Å². The zero-order valence-corrected chi connectivity index (χ0v) is 11.1. The van der Waals surface area contributed by atoms with Gasteiger partial charge in [-0.15, -0.1) is 0 Å². The van der Waals surface area contributed by atoms with Gasteiger partial charge in [-0.05, 0) is 35.9 Å². The second-order valence-corrected chi connectivity index (χ2v) is 4.48. The van der Waals surface area contributed by atoms with Crippen LogP contribution in [0, 0.1) is 0 Å². The Labute approximate surface area is 118 Å².